The second-order valence-corrected chi connectivity index (χ2v) is 9.81. The third-order valence-corrected chi connectivity index (χ3v) is 7.33. The average Bonchev–Trinajstić information content (AvgIpc) is 3.29. The Labute approximate surface area is 221 Å². The van der Waals surface area contributed by atoms with Crippen LogP contribution in [-0.2, 0) is 19.6 Å². The van der Waals surface area contributed by atoms with Crippen LogP contribution in [0.15, 0.2) is 79.3 Å². The molecule has 0 atom stereocenters. The van der Waals surface area contributed by atoms with Gasteiger partial charge >= 0.3 is 0 Å². The third-order valence-electron chi connectivity index (χ3n) is 7.33. The molecule has 1 fully saturated rings. The molecule has 2 aliphatic heterocycles. The van der Waals surface area contributed by atoms with Gasteiger partial charge in [-0.3, -0.25) is 14.6 Å². The second kappa shape index (κ2) is 10.5. The van der Waals surface area contributed by atoms with E-state index in [2.05, 4.69) is 20.2 Å². The van der Waals surface area contributed by atoms with Crippen LogP contribution < -0.4 is 15.1 Å². The molecule has 8 nitrogen and oxygen atoms in total. The largest absolute Gasteiger partial charge is 0.357 e. The van der Waals surface area contributed by atoms with E-state index in [-0.39, 0.29) is 11.8 Å². The summed E-state index contributed by atoms with van der Waals surface area (Å²) in [6, 6.07) is 19.3. The fourth-order valence-electron chi connectivity index (χ4n) is 5.29. The number of benzene rings is 1. The molecule has 0 aliphatic carbocycles. The number of anilines is 2. The number of piperidine rings is 1. The van der Waals surface area contributed by atoms with Crippen LogP contribution in [0.2, 0.25) is 0 Å². The molecule has 2 aliphatic rings. The van der Waals surface area contributed by atoms with E-state index in [9.17, 15) is 9.59 Å². The number of para-hydroxylation sites is 1. The smallest absolute Gasteiger partial charge is 0.268 e. The molecular formula is C30H30N6O2. The van der Waals surface area contributed by atoms with Crippen LogP contribution in [0.5, 0.6) is 0 Å². The van der Waals surface area contributed by atoms with E-state index < -0.39 is 0 Å². The van der Waals surface area contributed by atoms with E-state index in [1.165, 1.54) is 19.3 Å². The number of rotatable bonds is 5. The topological polar surface area (TPSA) is 83.4 Å². The van der Waals surface area contributed by atoms with Crippen LogP contribution in [0, 0.1) is 0 Å². The van der Waals surface area contributed by atoms with Crippen LogP contribution in [0.4, 0.5) is 11.5 Å². The summed E-state index contributed by atoms with van der Waals surface area (Å²) in [6.07, 6.45) is 8.76. The Bertz CT molecular complexity index is 1440. The van der Waals surface area contributed by atoms with Gasteiger partial charge in [0, 0.05) is 49.6 Å². The van der Waals surface area contributed by atoms with Crippen molar-refractivity contribution in [3.05, 3.63) is 107 Å². The first kappa shape index (κ1) is 23.9. The standard InChI is InChI=1S/C30H30N6O2/c37-29(33-18-22-7-6-14-31-17-22)27-12-11-25-21-36(26-9-3-2-8-24(26)20-35(25)27)30(38)23-10-13-28(32-19-23)34-15-4-1-5-16-34/h2-3,6-14,17,19H,1,4-5,15-16,18,20-21H2,(H,33,37). The number of nitrogens with one attached hydrogen (secondary N) is 1. The molecule has 1 aromatic carbocycles. The summed E-state index contributed by atoms with van der Waals surface area (Å²) < 4.78 is 2.00. The maximum Gasteiger partial charge on any atom is 0.268 e. The Morgan fingerprint density at radius 3 is 2.53 bits per heavy atom. The molecule has 1 N–H and O–H groups in total. The SMILES string of the molecule is O=C(NCc1cccnc1)c1ccc2n1Cc1ccccc1N(C(=O)c1ccc(N3CCCCC3)nc1)C2. The number of aromatic nitrogens is 3. The Balaban J connectivity index is 1.25. The molecule has 0 radical (unpaired) electrons. The lowest BCUT2D eigenvalue weighted by molar-refractivity contribution is 0.0941. The molecule has 0 bridgehead atoms. The molecule has 0 saturated carbocycles. The molecule has 192 valence electrons. The Morgan fingerprint density at radius 2 is 1.74 bits per heavy atom. The maximum atomic E-state index is 13.8. The fourth-order valence-corrected chi connectivity index (χ4v) is 5.29. The predicted molar refractivity (Wildman–Crippen MR) is 146 cm³/mol. The van der Waals surface area contributed by atoms with Crippen molar-refractivity contribution in [2.75, 3.05) is 22.9 Å². The highest BCUT2D eigenvalue weighted by atomic mass is 16.2. The Kier molecular flexibility index (Phi) is 6.60. The number of hydrogen-bond acceptors (Lipinski definition) is 5. The van der Waals surface area contributed by atoms with Crippen molar-refractivity contribution >= 4 is 23.3 Å². The summed E-state index contributed by atoms with van der Waals surface area (Å²) >= 11 is 0. The van der Waals surface area contributed by atoms with Gasteiger partial charge in [-0.2, -0.15) is 0 Å². The van der Waals surface area contributed by atoms with E-state index in [1.54, 1.807) is 23.5 Å². The number of amides is 2. The molecule has 5 heterocycles. The first-order valence-electron chi connectivity index (χ1n) is 13.1. The van der Waals surface area contributed by atoms with Crippen LogP contribution in [0.1, 0.15) is 56.9 Å². The van der Waals surface area contributed by atoms with Crippen molar-refractivity contribution < 1.29 is 9.59 Å². The minimum absolute atomic E-state index is 0.104. The Hall–Kier alpha value is -4.46. The zero-order chi connectivity index (χ0) is 25.9. The van der Waals surface area contributed by atoms with Gasteiger partial charge in [-0.05, 0) is 66.8 Å². The van der Waals surface area contributed by atoms with Crippen LogP contribution in [-0.4, -0.2) is 39.4 Å². The van der Waals surface area contributed by atoms with Gasteiger partial charge < -0.3 is 19.7 Å². The summed E-state index contributed by atoms with van der Waals surface area (Å²) in [5, 5.41) is 3.00. The highest BCUT2D eigenvalue weighted by Gasteiger charge is 2.27. The summed E-state index contributed by atoms with van der Waals surface area (Å²) in [4.78, 5) is 39.7. The predicted octanol–water partition coefficient (Wildman–Crippen LogP) is 4.41. The van der Waals surface area contributed by atoms with Gasteiger partial charge in [-0.15, -0.1) is 0 Å². The lowest BCUT2D eigenvalue weighted by Gasteiger charge is -2.28. The monoisotopic (exact) mass is 506 g/mol. The average molecular weight is 507 g/mol. The minimum Gasteiger partial charge on any atom is -0.357 e. The lowest BCUT2D eigenvalue weighted by atomic mass is 10.1. The number of pyridine rings is 2. The van der Waals surface area contributed by atoms with Gasteiger partial charge in [0.2, 0.25) is 0 Å². The number of fused-ring (bicyclic) bond motifs is 2. The number of nitrogens with zero attached hydrogens (tertiary/aromatic N) is 5. The van der Waals surface area contributed by atoms with Crippen molar-refractivity contribution in [2.45, 2.75) is 38.9 Å². The molecule has 1 saturated heterocycles. The number of carbonyl (C=O) groups is 2. The molecule has 4 aromatic rings. The van der Waals surface area contributed by atoms with Crippen molar-refractivity contribution in [2.24, 2.45) is 0 Å². The van der Waals surface area contributed by atoms with Crippen molar-refractivity contribution in [3.8, 4) is 0 Å². The number of hydrogen-bond donors (Lipinski definition) is 1. The highest BCUT2D eigenvalue weighted by Crippen LogP contribution is 2.30. The quantitative estimate of drug-likeness (QED) is 0.434. The van der Waals surface area contributed by atoms with Gasteiger partial charge in [0.1, 0.15) is 11.5 Å². The van der Waals surface area contributed by atoms with Crippen molar-refractivity contribution in [3.63, 3.8) is 0 Å². The van der Waals surface area contributed by atoms with E-state index in [1.807, 2.05) is 65.2 Å². The lowest BCUT2D eigenvalue weighted by Crippen LogP contribution is -2.32. The van der Waals surface area contributed by atoms with Gasteiger partial charge in [0.15, 0.2) is 0 Å². The molecule has 38 heavy (non-hydrogen) atoms. The molecule has 3 aromatic heterocycles. The minimum atomic E-state index is -0.158. The van der Waals surface area contributed by atoms with E-state index in [0.717, 1.165) is 41.4 Å². The van der Waals surface area contributed by atoms with Crippen molar-refractivity contribution in [1.82, 2.24) is 19.9 Å². The third kappa shape index (κ3) is 4.77. The van der Waals surface area contributed by atoms with Gasteiger partial charge in [0.25, 0.3) is 11.8 Å². The van der Waals surface area contributed by atoms with Gasteiger partial charge in [-0.25, -0.2) is 4.98 Å². The normalized spacial score (nSPS) is 14.8. The molecule has 0 spiro atoms. The van der Waals surface area contributed by atoms with Crippen molar-refractivity contribution in [1.29, 1.82) is 0 Å². The van der Waals surface area contributed by atoms with E-state index in [0.29, 0.717) is 30.9 Å². The molecule has 0 unspecified atom stereocenters. The summed E-state index contributed by atoms with van der Waals surface area (Å²) in [5.74, 6) is 0.663. The van der Waals surface area contributed by atoms with Crippen LogP contribution >= 0.6 is 0 Å². The first-order valence-corrected chi connectivity index (χ1v) is 13.1. The zero-order valence-electron chi connectivity index (χ0n) is 21.2. The highest BCUT2D eigenvalue weighted by molar-refractivity contribution is 6.06. The fraction of sp³-hybridized carbons (Fsp3) is 0.267. The van der Waals surface area contributed by atoms with Gasteiger partial charge in [-0.1, -0.05) is 24.3 Å². The summed E-state index contributed by atoms with van der Waals surface area (Å²) in [6.45, 7) is 3.28. The van der Waals surface area contributed by atoms with Gasteiger partial charge in [0.05, 0.1) is 18.7 Å². The molecule has 2 amide bonds. The first-order chi connectivity index (χ1) is 18.7. The van der Waals surface area contributed by atoms with E-state index in [4.69, 9.17) is 0 Å². The molecule has 8 heteroatoms. The second-order valence-electron chi connectivity index (χ2n) is 9.81. The zero-order valence-corrected chi connectivity index (χ0v) is 21.2. The summed E-state index contributed by atoms with van der Waals surface area (Å²) in [5.41, 5.74) is 4.79. The number of carbonyl (C=O) groups excluding carboxylic acids is 2. The van der Waals surface area contributed by atoms with Crippen LogP contribution in [0.3, 0.4) is 0 Å². The Morgan fingerprint density at radius 1 is 0.868 bits per heavy atom. The van der Waals surface area contributed by atoms with E-state index >= 15 is 0 Å². The maximum absolute atomic E-state index is 13.8. The molecular weight excluding hydrogens is 476 g/mol. The van der Waals surface area contributed by atoms with Crippen LogP contribution in [0.25, 0.3) is 0 Å². The molecule has 6 rings (SSSR count). The summed E-state index contributed by atoms with van der Waals surface area (Å²) in [7, 11) is 0.